The maximum atomic E-state index is 9.58. The summed E-state index contributed by atoms with van der Waals surface area (Å²) >= 11 is 1.63. The van der Waals surface area contributed by atoms with Crippen molar-refractivity contribution in [2.75, 3.05) is 6.61 Å². The fourth-order valence-electron chi connectivity index (χ4n) is 1.90. The van der Waals surface area contributed by atoms with Gasteiger partial charge in [-0.25, -0.2) is 4.98 Å². The highest BCUT2D eigenvalue weighted by Crippen LogP contribution is 2.32. The monoisotopic (exact) mass is 227 g/mol. The minimum absolute atomic E-state index is 0.0596. The highest BCUT2D eigenvalue weighted by atomic mass is 32.1. The molecule has 1 N–H and O–H groups in total. The summed E-state index contributed by atoms with van der Waals surface area (Å²) < 4.78 is 0. The van der Waals surface area contributed by atoms with Crippen molar-refractivity contribution in [3.63, 3.8) is 0 Å². The van der Waals surface area contributed by atoms with Crippen LogP contribution in [0.3, 0.4) is 0 Å². The second-order valence-electron chi connectivity index (χ2n) is 4.27. The maximum absolute atomic E-state index is 9.58. The van der Waals surface area contributed by atoms with Gasteiger partial charge in [0.1, 0.15) is 0 Å². The Morgan fingerprint density at radius 2 is 2.27 bits per heavy atom. The molecule has 0 saturated heterocycles. The molecule has 0 saturated carbocycles. The first kappa shape index (κ1) is 12.7. The Morgan fingerprint density at radius 1 is 1.47 bits per heavy atom. The van der Waals surface area contributed by atoms with Gasteiger partial charge in [-0.15, -0.1) is 11.3 Å². The van der Waals surface area contributed by atoms with Crippen molar-refractivity contribution in [3.8, 4) is 0 Å². The zero-order valence-corrected chi connectivity index (χ0v) is 10.5. The molecule has 0 fully saturated rings. The van der Waals surface area contributed by atoms with Crippen LogP contribution in [0.4, 0.5) is 0 Å². The third kappa shape index (κ3) is 3.58. The summed E-state index contributed by atoms with van der Waals surface area (Å²) in [5.74, 6) is 0. The van der Waals surface area contributed by atoms with Crippen molar-refractivity contribution in [2.24, 2.45) is 5.41 Å². The van der Waals surface area contributed by atoms with Crippen LogP contribution in [0.5, 0.6) is 0 Å². The Bertz CT molecular complexity index is 255. The normalized spacial score (nSPS) is 15.1. The molecule has 1 rings (SSSR count). The Balaban J connectivity index is 2.63. The van der Waals surface area contributed by atoms with Gasteiger partial charge in [-0.05, 0) is 24.7 Å². The molecule has 2 nitrogen and oxygen atoms in total. The van der Waals surface area contributed by atoms with E-state index in [1.54, 1.807) is 11.3 Å². The predicted octanol–water partition coefficient (Wildman–Crippen LogP) is 3.26. The van der Waals surface area contributed by atoms with E-state index in [4.69, 9.17) is 0 Å². The van der Waals surface area contributed by atoms with Crippen molar-refractivity contribution in [2.45, 2.75) is 46.0 Å². The summed E-state index contributed by atoms with van der Waals surface area (Å²) in [4.78, 5) is 4.31. The molecular formula is C12H21NOS. The van der Waals surface area contributed by atoms with Gasteiger partial charge >= 0.3 is 0 Å². The summed E-state index contributed by atoms with van der Waals surface area (Å²) in [5.41, 5.74) is 3.06. The van der Waals surface area contributed by atoms with Crippen LogP contribution in [0.2, 0.25) is 0 Å². The standard InChI is InChI=1S/C12H21NOS/c1-3-5-6-12(4-2,9-14)7-11-8-15-10-13-11/h8,10,14H,3-7,9H2,1-2H3. The number of hydrogen-bond donors (Lipinski definition) is 1. The number of aromatic nitrogens is 1. The van der Waals surface area contributed by atoms with Gasteiger partial charge in [0.25, 0.3) is 0 Å². The number of unbranched alkanes of at least 4 members (excludes halogenated alkanes) is 1. The quantitative estimate of drug-likeness (QED) is 0.775. The van der Waals surface area contributed by atoms with Crippen LogP contribution in [-0.2, 0) is 6.42 Å². The van der Waals surface area contributed by atoms with E-state index < -0.39 is 0 Å². The molecule has 0 bridgehead atoms. The second kappa shape index (κ2) is 6.23. The second-order valence-corrected chi connectivity index (χ2v) is 4.99. The van der Waals surface area contributed by atoms with Crippen molar-refractivity contribution >= 4 is 11.3 Å². The first-order valence-corrected chi connectivity index (χ1v) is 6.68. The van der Waals surface area contributed by atoms with E-state index >= 15 is 0 Å². The summed E-state index contributed by atoms with van der Waals surface area (Å²) in [6, 6.07) is 0. The van der Waals surface area contributed by atoms with Crippen molar-refractivity contribution in [1.29, 1.82) is 0 Å². The smallest absolute Gasteiger partial charge is 0.0794 e. The first-order valence-electron chi connectivity index (χ1n) is 5.74. The summed E-state index contributed by atoms with van der Waals surface area (Å²) in [5, 5.41) is 11.7. The van der Waals surface area contributed by atoms with E-state index in [0.29, 0.717) is 0 Å². The zero-order chi connectivity index (χ0) is 11.1. The molecule has 1 aromatic heterocycles. The van der Waals surface area contributed by atoms with E-state index in [2.05, 4.69) is 24.2 Å². The molecular weight excluding hydrogens is 206 g/mol. The van der Waals surface area contributed by atoms with Crippen LogP contribution in [0, 0.1) is 5.41 Å². The van der Waals surface area contributed by atoms with Crippen LogP contribution in [0.15, 0.2) is 10.9 Å². The summed E-state index contributed by atoms with van der Waals surface area (Å²) in [6.07, 6.45) is 5.44. The lowest BCUT2D eigenvalue weighted by molar-refractivity contribution is 0.106. The molecule has 86 valence electrons. The molecule has 1 aromatic rings. The predicted molar refractivity (Wildman–Crippen MR) is 65.2 cm³/mol. The minimum Gasteiger partial charge on any atom is -0.396 e. The largest absolute Gasteiger partial charge is 0.396 e. The SMILES string of the molecule is CCCCC(CC)(CO)Cc1cscn1. The lowest BCUT2D eigenvalue weighted by Crippen LogP contribution is -2.27. The Kier molecular flexibility index (Phi) is 5.26. The lowest BCUT2D eigenvalue weighted by atomic mass is 9.77. The van der Waals surface area contributed by atoms with Crippen molar-refractivity contribution < 1.29 is 5.11 Å². The average molecular weight is 227 g/mol. The Labute approximate surface area is 96.4 Å². The highest BCUT2D eigenvalue weighted by Gasteiger charge is 2.27. The van der Waals surface area contributed by atoms with Gasteiger partial charge in [0.15, 0.2) is 0 Å². The van der Waals surface area contributed by atoms with Gasteiger partial charge in [-0.1, -0.05) is 26.7 Å². The molecule has 1 unspecified atom stereocenters. The van der Waals surface area contributed by atoms with Gasteiger partial charge < -0.3 is 5.11 Å². The molecule has 0 aliphatic carbocycles. The van der Waals surface area contributed by atoms with Crippen LogP contribution < -0.4 is 0 Å². The molecule has 0 radical (unpaired) electrons. The molecule has 1 heterocycles. The molecule has 0 aliphatic rings. The van der Waals surface area contributed by atoms with Crippen LogP contribution in [-0.4, -0.2) is 16.7 Å². The summed E-state index contributed by atoms with van der Waals surface area (Å²) in [6.45, 7) is 4.64. The number of thiazole rings is 1. The third-order valence-electron chi connectivity index (χ3n) is 3.19. The maximum Gasteiger partial charge on any atom is 0.0794 e. The molecule has 3 heteroatoms. The van der Waals surface area contributed by atoms with Gasteiger partial charge in [0, 0.05) is 12.0 Å². The van der Waals surface area contributed by atoms with E-state index in [-0.39, 0.29) is 12.0 Å². The van der Waals surface area contributed by atoms with Crippen LogP contribution in [0.25, 0.3) is 0 Å². The van der Waals surface area contributed by atoms with Crippen LogP contribution in [0.1, 0.15) is 45.2 Å². The Morgan fingerprint density at radius 3 is 2.73 bits per heavy atom. The van der Waals surface area contributed by atoms with Gasteiger partial charge in [0.05, 0.1) is 11.2 Å². The van der Waals surface area contributed by atoms with Crippen molar-refractivity contribution in [1.82, 2.24) is 4.98 Å². The molecule has 0 aromatic carbocycles. The molecule has 0 spiro atoms. The van der Waals surface area contributed by atoms with Gasteiger partial charge in [0.2, 0.25) is 0 Å². The number of hydrogen-bond acceptors (Lipinski definition) is 3. The number of nitrogens with zero attached hydrogens (tertiary/aromatic N) is 1. The third-order valence-corrected chi connectivity index (χ3v) is 3.82. The van der Waals surface area contributed by atoms with Crippen LogP contribution >= 0.6 is 11.3 Å². The van der Waals surface area contributed by atoms with E-state index in [9.17, 15) is 5.11 Å². The highest BCUT2D eigenvalue weighted by molar-refractivity contribution is 7.07. The van der Waals surface area contributed by atoms with Gasteiger partial charge in [-0.2, -0.15) is 0 Å². The first-order chi connectivity index (χ1) is 7.26. The minimum atomic E-state index is 0.0596. The van der Waals surface area contributed by atoms with Crippen molar-refractivity contribution in [3.05, 3.63) is 16.6 Å². The lowest BCUT2D eigenvalue weighted by Gasteiger charge is -2.30. The number of aliphatic hydroxyl groups is 1. The van der Waals surface area contributed by atoms with E-state index in [1.807, 2.05) is 5.51 Å². The number of rotatable bonds is 7. The van der Waals surface area contributed by atoms with Gasteiger partial charge in [-0.3, -0.25) is 0 Å². The molecule has 15 heavy (non-hydrogen) atoms. The van der Waals surface area contributed by atoms with E-state index in [1.165, 1.54) is 12.8 Å². The fraction of sp³-hybridized carbons (Fsp3) is 0.750. The summed E-state index contributed by atoms with van der Waals surface area (Å²) in [7, 11) is 0. The molecule has 1 atom stereocenters. The zero-order valence-electron chi connectivity index (χ0n) is 9.70. The molecule has 0 amide bonds. The number of aliphatic hydroxyl groups excluding tert-OH is 1. The average Bonchev–Trinajstić information content (AvgIpc) is 2.77. The molecule has 0 aliphatic heterocycles. The Hall–Kier alpha value is -0.410. The van der Waals surface area contributed by atoms with E-state index in [0.717, 1.165) is 25.0 Å². The fourth-order valence-corrected chi connectivity index (χ4v) is 2.46. The topological polar surface area (TPSA) is 33.1 Å².